The minimum Gasteiger partial charge on any atom is -0.481 e. The Balaban J connectivity index is 2.03. The van der Waals surface area contributed by atoms with Gasteiger partial charge in [-0.3, -0.25) is 9.59 Å². The summed E-state index contributed by atoms with van der Waals surface area (Å²) in [6.45, 7) is 9.70. The molecule has 102 valence electrons. The lowest BCUT2D eigenvalue weighted by Crippen LogP contribution is -2.43. The Hall–Kier alpha value is -1.06. The van der Waals surface area contributed by atoms with Crippen LogP contribution < -0.4 is 0 Å². The summed E-state index contributed by atoms with van der Waals surface area (Å²) in [7, 11) is 0. The Morgan fingerprint density at radius 1 is 1.17 bits per heavy atom. The van der Waals surface area contributed by atoms with Crippen LogP contribution in [0.5, 0.6) is 0 Å². The van der Waals surface area contributed by atoms with Crippen LogP contribution in [0.3, 0.4) is 0 Å². The Labute approximate surface area is 108 Å². The first kappa shape index (κ1) is 13.4. The lowest BCUT2D eigenvalue weighted by atomic mass is 9.88. The van der Waals surface area contributed by atoms with Crippen molar-refractivity contribution in [3.8, 4) is 0 Å². The van der Waals surface area contributed by atoms with Gasteiger partial charge in [0.25, 0.3) is 0 Å². The normalized spacial score (nSPS) is 38.3. The van der Waals surface area contributed by atoms with Crippen LogP contribution in [0.25, 0.3) is 0 Å². The zero-order chi connectivity index (χ0) is 13.7. The van der Waals surface area contributed by atoms with E-state index in [1.807, 2.05) is 18.7 Å². The first-order valence-corrected chi connectivity index (χ1v) is 6.78. The molecule has 0 spiro atoms. The molecule has 1 N–H and O–H groups in total. The summed E-state index contributed by atoms with van der Waals surface area (Å²) in [4.78, 5) is 25.4. The van der Waals surface area contributed by atoms with E-state index in [2.05, 4.69) is 13.8 Å². The average Bonchev–Trinajstić information content (AvgIpc) is 2.85. The van der Waals surface area contributed by atoms with Crippen LogP contribution in [0.4, 0.5) is 0 Å². The van der Waals surface area contributed by atoms with Gasteiger partial charge in [0.15, 0.2) is 0 Å². The number of nitrogens with zero attached hydrogens (tertiary/aromatic N) is 1. The fourth-order valence-electron chi connectivity index (χ4n) is 3.22. The van der Waals surface area contributed by atoms with Gasteiger partial charge < -0.3 is 10.0 Å². The summed E-state index contributed by atoms with van der Waals surface area (Å²) in [5.41, 5.74) is -0.380. The molecule has 1 saturated carbocycles. The molecule has 2 rings (SSSR count). The van der Waals surface area contributed by atoms with Crippen LogP contribution in [-0.4, -0.2) is 35.0 Å². The van der Waals surface area contributed by atoms with Crippen LogP contribution in [0.1, 0.15) is 34.1 Å². The van der Waals surface area contributed by atoms with Crippen LogP contribution in [0, 0.1) is 29.1 Å². The molecule has 0 aromatic carbocycles. The van der Waals surface area contributed by atoms with Gasteiger partial charge in [0.2, 0.25) is 5.91 Å². The largest absolute Gasteiger partial charge is 0.481 e. The van der Waals surface area contributed by atoms with Crippen molar-refractivity contribution in [3.63, 3.8) is 0 Å². The summed E-state index contributed by atoms with van der Waals surface area (Å²) in [5.74, 6) is -0.456. The van der Waals surface area contributed by atoms with Crippen LogP contribution >= 0.6 is 0 Å². The summed E-state index contributed by atoms with van der Waals surface area (Å²) in [5, 5.41) is 9.13. The van der Waals surface area contributed by atoms with Crippen molar-refractivity contribution in [1.29, 1.82) is 0 Å². The van der Waals surface area contributed by atoms with Crippen molar-refractivity contribution in [2.75, 3.05) is 13.1 Å². The van der Waals surface area contributed by atoms with Gasteiger partial charge in [-0.2, -0.15) is 0 Å². The number of hydrogen-bond acceptors (Lipinski definition) is 2. The molecule has 0 aromatic heterocycles. The number of rotatable bonds is 2. The molecule has 2 aliphatic rings. The first-order chi connectivity index (χ1) is 8.26. The molecule has 4 heteroatoms. The van der Waals surface area contributed by atoms with E-state index in [0.29, 0.717) is 11.8 Å². The van der Waals surface area contributed by atoms with Gasteiger partial charge in [-0.1, -0.05) is 27.7 Å². The number of aliphatic carboxylic acids is 1. The van der Waals surface area contributed by atoms with E-state index < -0.39 is 11.9 Å². The summed E-state index contributed by atoms with van der Waals surface area (Å²) in [6, 6.07) is 0. The second-order valence-corrected chi connectivity index (χ2v) is 6.64. The highest BCUT2D eigenvalue weighted by molar-refractivity contribution is 5.91. The third-order valence-electron chi connectivity index (χ3n) is 5.01. The number of carbonyl (C=O) groups excluding carboxylic acids is 1. The number of likely N-dealkylation sites (tertiary alicyclic amines) is 1. The average molecular weight is 253 g/mol. The van der Waals surface area contributed by atoms with Crippen molar-refractivity contribution in [3.05, 3.63) is 0 Å². The highest BCUT2D eigenvalue weighted by atomic mass is 16.4. The number of piperidine rings is 1. The van der Waals surface area contributed by atoms with Crippen LogP contribution in [0.2, 0.25) is 0 Å². The topological polar surface area (TPSA) is 57.6 Å². The zero-order valence-corrected chi connectivity index (χ0v) is 11.6. The number of amides is 1. The molecule has 1 amide bonds. The molecule has 1 heterocycles. The summed E-state index contributed by atoms with van der Waals surface area (Å²) >= 11 is 0. The van der Waals surface area contributed by atoms with E-state index in [0.717, 1.165) is 19.5 Å². The van der Waals surface area contributed by atoms with Gasteiger partial charge in [0, 0.05) is 13.1 Å². The lowest BCUT2D eigenvalue weighted by Gasteiger charge is -2.35. The van der Waals surface area contributed by atoms with Gasteiger partial charge in [0.1, 0.15) is 0 Å². The van der Waals surface area contributed by atoms with Crippen molar-refractivity contribution in [2.24, 2.45) is 29.1 Å². The molecule has 1 aliphatic carbocycles. The van der Waals surface area contributed by atoms with Crippen molar-refractivity contribution in [1.82, 2.24) is 4.90 Å². The van der Waals surface area contributed by atoms with E-state index in [9.17, 15) is 9.59 Å². The maximum absolute atomic E-state index is 12.4. The minimum absolute atomic E-state index is 0.0474. The number of carbonyl (C=O) groups is 2. The van der Waals surface area contributed by atoms with E-state index in [-0.39, 0.29) is 17.2 Å². The number of hydrogen-bond donors (Lipinski definition) is 1. The Morgan fingerprint density at radius 3 is 2.22 bits per heavy atom. The Kier molecular flexibility index (Phi) is 3.16. The minimum atomic E-state index is -0.836. The van der Waals surface area contributed by atoms with Crippen molar-refractivity contribution >= 4 is 11.9 Å². The second kappa shape index (κ2) is 4.25. The molecule has 0 aromatic rings. The highest BCUT2D eigenvalue weighted by Crippen LogP contribution is 2.59. The predicted octanol–water partition coefficient (Wildman–Crippen LogP) is 1.85. The maximum atomic E-state index is 12.4. The van der Waals surface area contributed by atoms with Gasteiger partial charge in [-0.05, 0) is 23.7 Å². The van der Waals surface area contributed by atoms with Gasteiger partial charge in [-0.15, -0.1) is 0 Å². The molecule has 1 saturated heterocycles. The number of carboxylic acid groups (broad SMARTS) is 1. The summed E-state index contributed by atoms with van der Waals surface area (Å²) in [6.07, 6.45) is 1.03. The van der Waals surface area contributed by atoms with Crippen molar-refractivity contribution in [2.45, 2.75) is 34.1 Å². The molecule has 2 fully saturated rings. The molecular formula is C14H23NO3. The molecule has 2 unspecified atom stereocenters. The first-order valence-electron chi connectivity index (χ1n) is 6.78. The standard InChI is InChI=1S/C14H23NO3/c1-8-5-6-15(7-9(8)2)12(16)10-11(13(17)18)14(10,3)4/h8-11H,5-7H2,1-4H3,(H,17,18)/t8?,9?,10-,11+/m1/s1. The third-order valence-corrected chi connectivity index (χ3v) is 5.01. The molecule has 4 atom stereocenters. The van der Waals surface area contributed by atoms with E-state index in [1.54, 1.807) is 0 Å². The molecule has 1 aliphatic heterocycles. The Morgan fingerprint density at radius 2 is 1.78 bits per heavy atom. The van der Waals surface area contributed by atoms with E-state index >= 15 is 0 Å². The molecule has 0 radical (unpaired) electrons. The maximum Gasteiger partial charge on any atom is 0.307 e. The van der Waals surface area contributed by atoms with Crippen LogP contribution in [0.15, 0.2) is 0 Å². The van der Waals surface area contributed by atoms with Gasteiger partial charge in [-0.25, -0.2) is 0 Å². The van der Waals surface area contributed by atoms with Crippen molar-refractivity contribution < 1.29 is 14.7 Å². The van der Waals surface area contributed by atoms with Gasteiger partial charge >= 0.3 is 5.97 Å². The van der Waals surface area contributed by atoms with Gasteiger partial charge in [0.05, 0.1) is 11.8 Å². The lowest BCUT2D eigenvalue weighted by molar-refractivity contribution is -0.142. The molecule has 0 bridgehead atoms. The fraction of sp³-hybridized carbons (Fsp3) is 0.857. The monoisotopic (exact) mass is 253 g/mol. The quantitative estimate of drug-likeness (QED) is 0.817. The highest BCUT2D eigenvalue weighted by Gasteiger charge is 2.66. The molecular weight excluding hydrogens is 230 g/mol. The third kappa shape index (κ3) is 2.02. The van der Waals surface area contributed by atoms with E-state index in [1.165, 1.54) is 0 Å². The SMILES string of the molecule is CC1CCN(C(=O)[C@H]2[C@@H](C(=O)O)C2(C)C)CC1C. The number of carboxylic acids is 1. The summed E-state index contributed by atoms with van der Waals surface area (Å²) < 4.78 is 0. The fourth-order valence-corrected chi connectivity index (χ4v) is 3.22. The Bertz CT molecular complexity index is 377. The predicted molar refractivity (Wildman–Crippen MR) is 67.9 cm³/mol. The smallest absolute Gasteiger partial charge is 0.307 e. The van der Waals surface area contributed by atoms with Crippen LogP contribution in [-0.2, 0) is 9.59 Å². The second-order valence-electron chi connectivity index (χ2n) is 6.64. The molecule has 18 heavy (non-hydrogen) atoms. The molecule has 4 nitrogen and oxygen atoms in total. The zero-order valence-electron chi connectivity index (χ0n) is 11.6. The van der Waals surface area contributed by atoms with E-state index in [4.69, 9.17) is 5.11 Å².